The minimum absolute atomic E-state index is 0.0794. The normalized spacial score (nSPS) is 13.3. The summed E-state index contributed by atoms with van der Waals surface area (Å²) < 4.78 is 28.4. The molecular formula is C14H13ClF2N4O. The lowest BCUT2D eigenvalue weighted by atomic mass is 10.2. The van der Waals surface area contributed by atoms with E-state index in [1.807, 2.05) is 4.57 Å². The van der Waals surface area contributed by atoms with E-state index in [1.165, 1.54) is 4.90 Å². The van der Waals surface area contributed by atoms with Crippen molar-refractivity contribution in [2.45, 2.75) is 25.9 Å². The van der Waals surface area contributed by atoms with Crippen molar-refractivity contribution in [2.24, 2.45) is 0 Å². The van der Waals surface area contributed by atoms with Gasteiger partial charge < -0.3 is 9.47 Å². The van der Waals surface area contributed by atoms with Crippen LogP contribution in [0.5, 0.6) is 0 Å². The summed E-state index contributed by atoms with van der Waals surface area (Å²) in [6.07, 6.45) is 1.88. The first-order valence-corrected chi connectivity index (χ1v) is 7.16. The molecule has 0 fully saturated rings. The van der Waals surface area contributed by atoms with Crippen LogP contribution in [-0.4, -0.2) is 32.6 Å². The average Bonchev–Trinajstić information content (AvgIpc) is 3.07. The van der Waals surface area contributed by atoms with Gasteiger partial charge in [0.15, 0.2) is 17.5 Å². The Morgan fingerprint density at radius 2 is 2.09 bits per heavy atom. The van der Waals surface area contributed by atoms with Gasteiger partial charge in [-0.25, -0.2) is 8.78 Å². The molecule has 0 aliphatic carbocycles. The number of carbonyl (C=O) groups excluding carboxylic acids is 1. The molecule has 1 aliphatic rings. The van der Waals surface area contributed by atoms with Crippen LogP contribution < -0.4 is 0 Å². The maximum Gasteiger partial charge on any atom is 0.255 e. The van der Waals surface area contributed by atoms with Crippen LogP contribution in [0, 0.1) is 11.6 Å². The van der Waals surface area contributed by atoms with E-state index in [4.69, 9.17) is 11.6 Å². The monoisotopic (exact) mass is 326 g/mol. The van der Waals surface area contributed by atoms with Gasteiger partial charge in [-0.2, -0.15) is 0 Å². The highest BCUT2D eigenvalue weighted by molar-refractivity contribution is 6.33. The summed E-state index contributed by atoms with van der Waals surface area (Å²) in [7, 11) is 1.55. The number of fused-ring (bicyclic) bond motifs is 1. The number of aryl methyl sites for hydroxylation is 1. The van der Waals surface area contributed by atoms with Crippen molar-refractivity contribution in [3.63, 3.8) is 0 Å². The molecule has 8 heteroatoms. The molecule has 2 heterocycles. The number of rotatable bonds is 3. The van der Waals surface area contributed by atoms with Crippen LogP contribution in [0.2, 0.25) is 5.02 Å². The predicted molar refractivity (Wildman–Crippen MR) is 75.5 cm³/mol. The molecule has 0 saturated heterocycles. The molecule has 0 N–H and O–H groups in total. The second-order valence-corrected chi connectivity index (χ2v) is 5.60. The molecule has 3 rings (SSSR count). The van der Waals surface area contributed by atoms with Crippen LogP contribution >= 0.6 is 11.6 Å². The smallest absolute Gasteiger partial charge is 0.255 e. The minimum Gasteiger partial charge on any atom is -0.334 e. The molecule has 1 amide bonds. The van der Waals surface area contributed by atoms with Gasteiger partial charge in [0.25, 0.3) is 5.91 Å². The van der Waals surface area contributed by atoms with Crippen LogP contribution in [0.3, 0.4) is 0 Å². The standard InChI is InChI=1S/C14H13ClF2N4O/c1-20(7-13-19-18-12-3-2-4-21(12)13)14(22)8-5-10(16)11(17)6-9(8)15/h5-6H,2-4,7H2,1H3. The lowest BCUT2D eigenvalue weighted by Crippen LogP contribution is -2.28. The van der Waals surface area contributed by atoms with Gasteiger partial charge in [-0.1, -0.05) is 11.6 Å². The Balaban J connectivity index is 1.81. The van der Waals surface area contributed by atoms with Gasteiger partial charge in [-0.15, -0.1) is 10.2 Å². The zero-order chi connectivity index (χ0) is 15.9. The summed E-state index contributed by atoms with van der Waals surface area (Å²) >= 11 is 5.83. The Morgan fingerprint density at radius 3 is 2.86 bits per heavy atom. The van der Waals surface area contributed by atoms with Crippen molar-refractivity contribution >= 4 is 17.5 Å². The van der Waals surface area contributed by atoms with Crippen molar-refractivity contribution in [3.8, 4) is 0 Å². The fourth-order valence-electron chi connectivity index (χ4n) is 2.50. The van der Waals surface area contributed by atoms with Crippen molar-refractivity contribution in [1.82, 2.24) is 19.7 Å². The van der Waals surface area contributed by atoms with Crippen LogP contribution in [0.1, 0.15) is 28.4 Å². The third-order valence-electron chi connectivity index (χ3n) is 3.65. The predicted octanol–water partition coefficient (Wildman–Crippen LogP) is 2.43. The van der Waals surface area contributed by atoms with E-state index in [0.29, 0.717) is 5.82 Å². The largest absolute Gasteiger partial charge is 0.334 e. The molecule has 22 heavy (non-hydrogen) atoms. The molecule has 0 unspecified atom stereocenters. The molecule has 5 nitrogen and oxygen atoms in total. The van der Waals surface area contributed by atoms with E-state index >= 15 is 0 Å². The van der Waals surface area contributed by atoms with E-state index in [9.17, 15) is 13.6 Å². The van der Waals surface area contributed by atoms with Crippen molar-refractivity contribution < 1.29 is 13.6 Å². The Bertz CT molecular complexity index is 747. The maximum atomic E-state index is 13.3. The highest BCUT2D eigenvalue weighted by Crippen LogP contribution is 2.22. The van der Waals surface area contributed by atoms with Crippen molar-refractivity contribution in [2.75, 3.05) is 7.05 Å². The molecular weight excluding hydrogens is 314 g/mol. The molecule has 1 aromatic heterocycles. The van der Waals surface area contributed by atoms with Gasteiger partial charge in [0.05, 0.1) is 17.1 Å². The molecule has 2 aromatic rings. The summed E-state index contributed by atoms with van der Waals surface area (Å²) in [5, 5.41) is 8.00. The molecule has 1 aromatic carbocycles. The zero-order valence-corrected chi connectivity index (χ0v) is 12.6. The summed E-state index contributed by atoms with van der Waals surface area (Å²) in [5.41, 5.74) is -0.0794. The van der Waals surface area contributed by atoms with E-state index < -0.39 is 17.5 Å². The van der Waals surface area contributed by atoms with Crippen LogP contribution in [0.15, 0.2) is 12.1 Å². The third kappa shape index (κ3) is 2.56. The topological polar surface area (TPSA) is 51.0 Å². The summed E-state index contributed by atoms with van der Waals surface area (Å²) in [6, 6.07) is 1.61. The summed E-state index contributed by atoms with van der Waals surface area (Å²) in [4.78, 5) is 13.7. The van der Waals surface area contributed by atoms with Crippen molar-refractivity contribution in [3.05, 3.63) is 46.0 Å². The molecule has 0 atom stereocenters. The van der Waals surface area contributed by atoms with Gasteiger partial charge in [0.2, 0.25) is 0 Å². The van der Waals surface area contributed by atoms with Gasteiger partial charge >= 0.3 is 0 Å². The van der Waals surface area contributed by atoms with Gasteiger partial charge in [-0.05, 0) is 18.6 Å². The number of carbonyl (C=O) groups is 1. The lowest BCUT2D eigenvalue weighted by Gasteiger charge is -2.17. The zero-order valence-electron chi connectivity index (χ0n) is 11.8. The highest BCUT2D eigenvalue weighted by atomic mass is 35.5. The van der Waals surface area contributed by atoms with Crippen LogP contribution in [0.4, 0.5) is 8.78 Å². The molecule has 0 spiro atoms. The number of aromatic nitrogens is 3. The molecule has 0 radical (unpaired) electrons. The van der Waals surface area contributed by atoms with E-state index in [-0.39, 0.29) is 17.1 Å². The molecule has 116 valence electrons. The number of nitrogens with zero attached hydrogens (tertiary/aromatic N) is 4. The fraction of sp³-hybridized carbons (Fsp3) is 0.357. The van der Waals surface area contributed by atoms with E-state index in [1.54, 1.807) is 7.05 Å². The van der Waals surface area contributed by atoms with Gasteiger partial charge in [0, 0.05) is 20.0 Å². The Labute approximate surface area is 130 Å². The minimum atomic E-state index is -1.11. The lowest BCUT2D eigenvalue weighted by molar-refractivity contribution is 0.0779. The number of hydrogen-bond donors (Lipinski definition) is 0. The van der Waals surface area contributed by atoms with Gasteiger partial charge in [-0.3, -0.25) is 4.79 Å². The Kier molecular flexibility index (Phi) is 3.82. The highest BCUT2D eigenvalue weighted by Gasteiger charge is 2.22. The quantitative estimate of drug-likeness (QED) is 0.814. The maximum absolute atomic E-state index is 13.3. The third-order valence-corrected chi connectivity index (χ3v) is 3.96. The van der Waals surface area contributed by atoms with Crippen LogP contribution in [0.25, 0.3) is 0 Å². The Hall–Kier alpha value is -2.02. The second-order valence-electron chi connectivity index (χ2n) is 5.20. The first-order valence-electron chi connectivity index (χ1n) is 6.78. The summed E-state index contributed by atoms with van der Waals surface area (Å²) in [5.74, 6) is -1.12. The molecule has 0 bridgehead atoms. The van der Waals surface area contributed by atoms with E-state index in [2.05, 4.69) is 10.2 Å². The fourth-order valence-corrected chi connectivity index (χ4v) is 2.73. The number of hydrogen-bond acceptors (Lipinski definition) is 3. The van der Waals surface area contributed by atoms with Crippen LogP contribution in [-0.2, 0) is 19.5 Å². The number of halogens is 3. The number of benzene rings is 1. The first-order chi connectivity index (χ1) is 10.5. The van der Waals surface area contributed by atoms with Gasteiger partial charge in [0.1, 0.15) is 5.82 Å². The molecule has 0 saturated carbocycles. The average molecular weight is 327 g/mol. The first kappa shape index (κ1) is 14.9. The second kappa shape index (κ2) is 5.64. The van der Waals surface area contributed by atoms with E-state index in [0.717, 1.165) is 37.3 Å². The summed E-state index contributed by atoms with van der Waals surface area (Å²) in [6.45, 7) is 1.05. The number of amides is 1. The Morgan fingerprint density at radius 1 is 1.36 bits per heavy atom. The van der Waals surface area contributed by atoms with Crippen molar-refractivity contribution in [1.29, 1.82) is 0 Å². The molecule has 1 aliphatic heterocycles. The SMILES string of the molecule is CN(Cc1nnc2n1CCC2)C(=O)c1cc(F)c(F)cc1Cl.